The van der Waals surface area contributed by atoms with E-state index in [1.54, 1.807) is 31.2 Å². The van der Waals surface area contributed by atoms with Gasteiger partial charge in [0.05, 0.1) is 17.4 Å². The van der Waals surface area contributed by atoms with Gasteiger partial charge in [0.15, 0.2) is 0 Å². The van der Waals surface area contributed by atoms with Crippen LogP contribution in [-0.4, -0.2) is 36.7 Å². The molecule has 0 radical (unpaired) electrons. The lowest BCUT2D eigenvalue weighted by atomic mass is 10.2. The Morgan fingerprint density at radius 2 is 1.89 bits per heavy atom. The Morgan fingerprint density at radius 1 is 1.15 bits per heavy atom. The van der Waals surface area contributed by atoms with E-state index in [1.807, 2.05) is 18.2 Å². The lowest BCUT2D eigenvalue weighted by Crippen LogP contribution is -2.30. The van der Waals surface area contributed by atoms with E-state index in [9.17, 15) is 14.4 Å². The Bertz CT molecular complexity index is 844. The first-order valence-electron chi connectivity index (χ1n) is 8.08. The molecular weight excluding hydrogens is 388 g/mol. The van der Waals surface area contributed by atoms with E-state index in [-0.39, 0.29) is 17.7 Å². The third-order valence-electron chi connectivity index (χ3n) is 3.52. The minimum absolute atomic E-state index is 0.216. The van der Waals surface area contributed by atoms with Gasteiger partial charge in [0, 0.05) is 16.1 Å². The molecule has 2 amide bonds. The van der Waals surface area contributed by atoms with Gasteiger partial charge < -0.3 is 15.4 Å². The number of ether oxygens (including phenoxy) is 1. The number of hydrogen-bond donors (Lipinski definition) is 2. The lowest BCUT2D eigenvalue weighted by Gasteiger charge is -2.13. The number of anilines is 1. The van der Waals surface area contributed by atoms with Crippen molar-refractivity contribution < 1.29 is 19.1 Å². The van der Waals surface area contributed by atoms with Gasteiger partial charge >= 0.3 is 5.97 Å². The second-order valence-corrected chi connectivity index (χ2v) is 7.31. The highest BCUT2D eigenvalue weighted by Gasteiger charge is 2.16. The molecule has 0 aliphatic heterocycles. The van der Waals surface area contributed by atoms with Gasteiger partial charge in [-0.1, -0.05) is 29.8 Å². The molecule has 0 spiro atoms. The highest BCUT2D eigenvalue weighted by atomic mass is 35.5. The number of amides is 2. The Balaban J connectivity index is 1.98. The largest absolute Gasteiger partial charge is 0.468 e. The number of nitrogens with one attached hydrogen (secondary N) is 2. The fourth-order valence-electron chi connectivity index (χ4n) is 2.09. The van der Waals surface area contributed by atoms with E-state index in [2.05, 4.69) is 15.4 Å². The molecule has 2 rings (SSSR count). The summed E-state index contributed by atoms with van der Waals surface area (Å²) in [7, 11) is 1.24. The van der Waals surface area contributed by atoms with Crippen LogP contribution in [0.4, 0.5) is 5.69 Å². The highest BCUT2D eigenvalue weighted by molar-refractivity contribution is 8.00. The van der Waals surface area contributed by atoms with Gasteiger partial charge in [-0.2, -0.15) is 0 Å². The second kappa shape index (κ2) is 9.99. The predicted molar refractivity (Wildman–Crippen MR) is 106 cm³/mol. The monoisotopic (exact) mass is 406 g/mol. The van der Waals surface area contributed by atoms with Crippen LogP contribution in [0.15, 0.2) is 53.4 Å². The van der Waals surface area contributed by atoms with Crippen LogP contribution in [0.25, 0.3) is 0 Å². The predicted octanol–water partition coefficient (Wildman–Crippen LogP) is 3.36. The quantitative estimate of drug-likeness (QED) is 0.544. The number of rotatable bonds is 7. The van der Waals surface area contributed by atoms with Gasteiger partial charge in [-0.3, -0.25) is 14.4 Å². The molecule has 0 saturated carbocycles. The first kappa shape index (κ1) is 20.8. The normalized spacial score (nSPS) is 11.4. The molecule has 2 aromatic carbocycles. The third kappa shape index (κ3) is 6.30. The zero-order chi connectivity index (χ0) is 19.8. The van der Waals surface area contributed by atoms with E-state index in [4.69, 9.17) is 11.6 Å². The molecule has 142 valence electrons. The van der Waals surface area contributed by atoms with E-state index in [0.29, 0.717) is 16.3 Å². The molecular formula is C19H19ClN2O4S. The molecule has 0 fully saturated rings. The van der Waals surface area contributed by atoms with Crippen LogP contribution >= 0.6 is 23.4 Å². The number of methoxy groups -OCH3 is 1. The first-order chi connectivity index (χ1) is 12.9. The Labute approximate surface area is 166 Å². The van der Waals surface area contributed by atoms with E-state index < -0.39 is 11.9 Å². The van der Waals surface area contributed by atoms with Crippen molar-refractivity contribution >= 4 is 46.8 Å². The Kier molecular flexibility index (Phi) is 7.69. The maximum atomic E-state index is 12.4. The Morgan fingerprint density at radius 3 is 2.59 bits per heavy atom. The highest BCUT2D eigenvalue weighted by Crippen LogP contribution is 2.30. The van der Waals surface area contributed by atoms with Crippen LogP contribution in [0.1, 0.15) is 17.3 Å². The minimum Gasteiger partial charge on any atom is -0.468 e. The fraction of sp³-hybridized carbons (Fsp3) is 0.211. The van der Waals surface area contributed by atoms with Gasteiger partial charge in [0.2, 0.25) is 5.91 Å². The summed E-state index contributed by atoms with van der Waals surface area (Å²) >= 11 is 7.47. The van der Waals surface area contributed by atoms with Gasteiger partial charge in [-0.15, -0.1) is 11.8 Å². The van der Waals surface area contributed by atoms with Crippen molar-refractivity contribution in [3.63, 3.8) is 0 Å². The average molecular weight is 407 g/mol. The summed E-state index contributed by atoms with van der Waals surface area (Å²) in [6, 6.07) is 13.8. The average Bonchev–Trinajstić information content (AvgIpc) is 2.67. The molecule has 0 aliphatic rings. The topological polar surface area (TPSA) is 84.5 Å². The van der Waals surface area contributed by atoms with Crippen LogP contribution in [0.5, 0.6) is 0 Å². The molecule has 27 heavy (non-hydrogen) atoms. The molecule has 0 aromatic heterocycles. The van der Waals surface area contributed by atoms with Gasteiger partial charge in [-0.25, -0.2) is 0 Å². The molecule has 2 N–H and O–H groups in total. The van der Waals surface area contributed by atoms with Gasteiger partial charge in [-0.05, 0) is 37.3 Å². The zero-order valence-electron chi connectivity index (χ0n) is 14.8. The van der Waals surface area contributed by atoms with Crippen molar-refractivity contribution in [2.24, 2.45) is 0 Å². The molecule has 2 aromatic rings. The van der Waals surface area contributed by atoms with E-state index in [0.717, 1.165) is 4.90 Å². The summed E-state index contributed by atoms with van der Waals surface area (Å²) in [5, 5.41) is 5.43. The number of benzene rings is 2. The number of hydrogen-bond acceptors (Lipinski definition) is 5. The molecule has 0 heterocycles. The summed E-state index contributed by atoms with van der Waals surface area (Å²) in [4.78, 5) is 36.4. The Hall–Kier alpha value is -2.51. The third-order valence-corrected chi connectivity index (χ3v) is 5.14. The van der Waals surface area contributed by atoms with Crippen molar-refractivity contribution in [3.05, 3.63) is 59.1 Å². The van der Waals surface area contributed by atoms with E-state index >= 15 is 0 Å². The SMILES string of the molecule is COC(=O)CNC(=O)c1cccc(NC(=O)C(C)Sc2ccccc2Cl)c1. The number of thioether (sulfide) groups is 1. The van der Waals surface area contributed by atoms with Crippen molar-refractivity contribution in [2.75, 3.05) is 19.0 Å². The first-order valence-corrected chi connectivity index (χ1v) is 9.33. The zero-order valence-corrected chi connectivity index (χ0v) is 16.4. The molecule has 0 aliphatic carbocycles. The molecule has 1 atom stereocenters. The molecule has 8 heteroatoms. The minimum atomic E-state index is -0.543. The van der Waals surface area contributed by atoms with Crippen molar-refractivity contribution in [1.29, 1.82) is 0 Å². The summed E-state index contributed by atoms with van der Waals surface area (Å²) < 4.78 is 4.47. The van der Waals surface area contributed by atoms with Crippen LogP contribution in [0, 0.1) is 0 Å². The summed E-state index contributed by atoms with van der Waals surface area (Å²) in [5.41, 5.74) is 0.806. The van der Waals surface area contributed by atoms with Gasteiger partial charge in [0.25, 0.3) is 5.91 Å². The van der Waals surface area contributed by atoms with Crippen LogP contribution < -0.4 is 10.6 Å². The summed E-state index contributed by atoms with van der Waals surface area (Å²) in [5.74, 6) is -1.19. The number of esters is 1. The standard InChI is InChI=1S/C19H19ClN2O4S/c1-12(27-16-9-4-3-8-15(16)20)18(24)22-14-7-5-6-13(10-14)19(25)21-11-17(23)26-2/h3-10,12H,11H2,1-2H3,(H,21,25)(H,22,24). The maximum Gasteiger partial charge on any atom is 0.325 e. The van der Waals surface area contributed by atoms with Crippen LogP contribution in [0.3, 0.4) is 0 Å². The van der Waals surface area contributed by atoms with E-state index in [1.165, 1.54) is 24.9 Å². The summed E-state index contributed by atoms with van der Waals surface area (Å²) in [6.07, 6.45) is 0. The number of carbonyl (C=O) groups is 3. The molecule has 1 unspecified atom stereocenters. The second-order valence-electron chi connectivity index (χ2n) is 5.52. The number of halogens is 1. The molecule has 0 bridgehead atoms. The van der Waals surface area contributed by atoms with Gasteiger partial charge in [0.1, 0.15) is 6.54 Å². The molecule has 6 nitrogen and oxygen atoms in total. The van der Waals surface area contributed by atoms with Crippen LogP contribution in [-0.2, 0) is 14.3 Å². The van der Waals surface area contributed by atoms with Crippen LogP contribution in [0.2, 0.25) is 5.02 Å². The van der Waals surface area contributed by atoms with Crippen molar-refractivity contribution in [2.45, 2.75) is 17.1 Å². The fourth-order valence-corrected chi connectivity index (χ4v) is 3.25. The smallest absolute Gasteiger partial charge is 0.325 e. The summed E-state index contributed by atoms with van der Waals surface area (Å²) in [6.45, 7) is 1.55. The number of carbonyl (C=O) groups excluding carboxylic acids is 3. The maximum absolute atomic E-state index is 12.4. The van der Waals surface area contributed by atoms with Crippen molar-refractivity contribution in [1.82, 2.24) is 5.32 Å². The molecule has 0 saturated heterocycles. The van der Waals surface area contributed by atoms with Crippen molar-refractivity contribution in [3.8, 4) is 0 Å². The lowest BCUT2D eigenvalue weighted by molar-refractivity contribution is -0.139.